The van der Waals surface area contributed by atoms with Gasteiger partial charge in [-0.2, -0.15) is 0 Å². The molecule has 0 saturated carbocycles. The number of carbonyl (C=O) groups excluding carboxylic acids is 1. The minimum atomic E-state index is -0.210. The van der Waals surface area contributed by atoms with Crippen LogP contribution in [0.1, 0.15) is 19.8 Å². The molecule has 0 aliphatic carbocycles. The van der Waals surface area contributed by atoms with Crippen molar-refractivity contribution < 1.29 is 9.53 Å². The third-order valence-corrected chi connectivity index (χ3v) is 2.00. The first-order valence-corrected chi connectivity index (χ1v) is 4.43. The molecule has 1 aliphatic rings. The van der Waals surface area contributed by atoms with E-state index in [9.17, 15) is 4.79 Å². The molecule has 4 nitrogen and oxygen atoms in total. The van der Waals surface area contributed by atoms with Crippen LogP contribution in [0.2, 0.25) is 0 Å². The number of hydrogen-bond donors (Lipinski definition) is 1. The Kier molecular flexibility index (Phi) is 3.34. The molecule has 4 heteroatoms. The number of ether oxygens (including phenoxy) is 1. The Morgan fingerprint density at radius 2 is 2.50 bits per heavy atom. The summed E-state index contributed by atoms with van der Waals surface area (Å²) >= 11 is 0. The first-order chi connectivity index (χ1) is 5.77. The Morgan fingerprint density at radius 3 is 3.00 bits per heavy atom. The summed E-state index contributed by atoms with van der Waals surface area (Å²) in [4.78, 5) is 12.9. The summed E-state index contributed by atoms with van der Waals surface area (Å²) in [6.07, 6.45) is 1.56. The van der Waals surface area contributed by atoms with Crippen molar-refractivity contribution in [3.05, 3.63) is 0 Å². The van der Waals surface area contributed by atoms with E-state index in [0.29, 0.717) is 6.54 Å². The molecule has 0 bridgehead atoms. The number of nitrogens with zero attached hydrogens (tertiary/aromatic N) is 1. The maximum absolute atomic E-state index is 11.2. The molecule has 0 spiro atoms. The number of nitrogens with two attached hydrogens (primary N) is 1. The van der Waals surface area contributed by atoms with Crippen LogP contribution in [-0.4, -0.2) is 36.7 Å². The molecule has 0 aromatic rings. The average Bonchev–Trinajstić information content (AvgIpc) is 2.09. The fraction of sp³-hybridized carbons (Fsp3) is 0.875. The summed E-state index contributed by atoms with van der Waals surface area (Å²) in [6.45, 7) is 4.05. The minimum Gasteiger partial charge on any atom is -0.445 e. The van der Waals surface area contributed by atoms with Gasteiger partial charge in [0.05, 0.1) is 0 Å². The van der Waals surface area contributed by atoms with E-state index in [0.717, 1.165) is 25.9 Å². The van der Waals surface area contributed by atoms with Crippen molar-refractivity contribution in [2.75, 3.05) is 19.6 Å². The van der Waals surface area contributed by atoms with Gasteiger partial charge in [0.15, 0.2) is 0 Å². The molecule has 0 aromatic heterocycles. The van der Waals surface area contributed by atoms with Crippen LogP contribution in [0.15, 0.2) is 0 Å². The lowest BCUT2D eigenvalue weighted by atomic mass is 10.2. The van der Waals surface area contributed by atoms with E-state index in [1.165, 1.54) is 0 Å². The highest BCUT2D eigenvalue weighted by molar-refractivity contribution is 5.68. The molecule has 1 unspecified atom stereocenters. The second-order valence-electron chi connectivity index (χ2n) is 3.02. The Bertz CT molecular complexity index is 161. The van der Waals surface area contributed by atoms with E-state index in [2.05, 4.69) is 0 Å². The van der Waals surface area contributed by atoms with Crippen LogP contribution >= 0.6 is 0 Å². The third-order valence-electron chi connectivity index (χ3n) is 2.00. The van der Waals surface area contributed by atoms with Gasteiger partial charge < -0.3 is 15.4 Å². The number of cyclic esters (lactones) is 1. The van der Waals surface area contributed by atoms with Crippen molar-refractivity contribution in [1.82, 2.24) is 4.90 Å². The van der Waals surface area contributed by atoms with Crippen molar-refractivity contribution >= 4 is 6.09 Å². The van der Waals surface area contributed by atoms with Crippen molar-refractivity contribution in [3.63, 3.8) is 0 Å². The quantitative estimate of drug-likeness (QED) is 0.677. The molecule has 1 aliphatic heterocycles. The Morgan fingerprint density at radius 1 is 1.75 bits per heavy atom. The standard InChI is InChI=1S/C8H16N2O2/c1-2-4-10-5-3-7(6-9)12-8(10)11/h7H,2-6,9H2,1H3. The highest BCUT2D eigenvalue weighted by atomic mass is 16.6. The van der Waals surface area contributed by atoms with Gasteiger partial charge in [-0.15, -0.1) is 0 Å². The van der Waals surface area contributed by atoms with Crippen LogP contribution in [0.5, 0.6) is 0 Å². The summed E-state index contributed by atoms with van der Waals surface area (Å²) in [6, 6.07) is 0. The zero-order chi connectivity index (χ0) is 8.97. The van der Waals surface area contributed by atoms with Gasteiger partial charge in [-0.3, -0.25) is 0 Å². The maximum atomic E-state index is 11.2. The fourth-order valence-corrected chi connectivity index (χ4v) is 1.31. The molecule has 1 atom stereocenters. The topological polar surface area (TPSA) is 55.6 Å². The first-order valence-electron chi connectivity index (χ1n) is 4.43. The molecule has 1 amide bonds. The smallest absolute Gasteiger partial charge is 0.410 e. The number of rotatable bonds is 3. The monoisotopic (exact) mass is 172 g/mol. The Hall–Kier alpha value is -0.770. The van der Waals surface area contributed by atoms with Gasteiger partial charge in [0.1, 0.15) is 6.10 Å². The molecule has 1 saturated heterocycles. The van der Waals surface area contributed by atoms with Crippen LogP contribution in [0.4, 0.5) is 4.79 Å². The van der Waals surface area contributed by atoms with Crippen molar-refractivity contribution in [2.24, 2.45) is 5.73 Å². The Balaban J connectivity index is 2.37. The number of carbonyl (C=O) groups is 1. The van der Waals surface area contributed by atoms with Crippen LogP contribution in [0.25, 0.3) is 0 Å². The molecule has 1 rings (SSSR count). The average molecular weight is 172 g/mol. The maximum Gasteiger partial charge on any atom is 0.410 e. The van der Waals surface area contributed by atoms with E-state index < -0.39 is 0 Å². The van der Waals surface area contributed by atoms with Crippen LogP contribution in [0.3, 0.4) is 0 Å². The summed E-state index contributed by atoms with van der Waals surface area (Å²) in [5.41, 5.74) is 5.39. The molecular formula is C8H16N2O2. The van der Waals surface area contributed by atoms with E-state index in [-0.39, 0.29) is 12.2 Å². The lowest BCUT2D eigenvalue weighted by Gasteiger charge is -2.30. The zero-order valence-corrected chi connectivity index (χ0v) is 7.45. The van der Waals surface area contributed by atoms with Crippen molar-refractivity contribution in [2.45, 2.75) is 25.9 Å². The normalized spacial score (nSPS) is 24.0. The summed E-state index contributed by atoms with van der Waals surface area (Å²) in [5, 5.41) is 0. The molecular weight excluding hydrogens is 156 g/mol. The summed E-state index contributed by atoms with van der Waals surface area (Å²) in [7, 11) is 0. The molecule has 2 N–H and O–H groups in total. The number of amides is 1. The van der Waals surface area contributed by atoms with Crippen LogP contribution in [0, 0.1) is 0 Å². The minimum absolute atomic E-state index is 0.0643. The van der Waals surface area contributed by atoms with Crippen LogP contribution < -0.4 is 5.73 Å². The molecule has 0 aromatic carbocycles. The SMILES string of the molecule is CCCN1CCC(CN)OC1=O. The summed E-state index contributed by atoms with van der Waals surface area (Å²) < 4.78 is 5.06. The highest BCUT2D eigenvalue weighted by Crippen LogP contribution is 2.10. The lowest BCUT2D eigenvalue weighted by molar-refractivity contribution is 0.0291. The van der Waals surface area contributed by atoms with Gasteiger partial charge in [-0.05, 0) is 6.42 Å². The van der Waals surface area contributed by atoms with Gasteiger partial charge >= 0.3 is 6.09 Å². The second-order valence-corrected chi connectivity index (χ2v) is 3.02. The van der Waals surface area contributed by atoms with E-state index in [4.69, 9.17) is 10.5 Å². The molecule has 1 fully saturated rings. The number of hydrogen-bond acceptors (Lipinski definition) is 3. The predicted molar refractivity (Wildman–Crippen MR) is 45.8 cm³/mol. The largest absolute Gasteiger partial charge is 0.445 e. The highest BCUT2D eigenvalue weighted by Gasteiger charge is 2.24. The molecule has 1 heterocycles. The van der Waals surface area contributed by atoms with E-state index >= 15 is 0 Å². The fourth-order valence-electron chi connectivity index (χ4n) is 1.31. The predicted octanol–water partition coefficient (Wildman–Crippen LogP) is 0.566. The Labute approximate surface area is 72.7 Å². The lowest BCUT2D eigenvalue weighted by Crippen LogP contribution is -2.44. The van der Waals surface area contributed by atoms with E-state index in [1.54, 1.807) is 4.90 Å². The second kappa shape index (κ2) is 4.30. The first kappa shape index (κ1) is 9.32. The zero-order valence-electron chi connectivity index (χ0n) is 7.45. The van der Waals surface area contributed by atoms with Gasteiger partial charge in [-0.1, -0.05) is 6.92 Å². The molecule has 70 valence electrons. The van der Waals surface area contributed by atoms with Crippen molar-refractivity contribution in [3.8, 4) is 0 Å². The molecule has 0 radical (unpaired) electrons. The van der Waals surface area contributed by atoms with Crippen LogP contribution in [-0.2, 0) is 4.74 Å². The van der Waals surface area contributed by atoms with E-state index in [1.807, 2.05) is 6.92 Å². The van der Waals surface area contributed by atoms with Gasteiger partial charge in [0.25, 0.3) is 0 Å². The molecule has 12 heavy (non-hydrogen) atoms. The van der Waals surface area contributed by atoms with Gasteiger partial charge in [0.2, 0.25) is 0 Å². The van der Waals surface area contributed by atoms with Gasteiger partial charge in [0, 0.05) is 26.1 Å². The third kappa shape index (κ3) is 2.11. The summed E-state index contributed by atoms with van der Waals surface area (Å²) in [5.74, 6) is 0. The van der Waals surface area contributed by atoms with Crippen molar-refractivity contribution in [1.29, 1.82) is 0 Å². The van der Waals surface area contributed by atoms with Gasteiger partial charge in [-0.25, -0.2) is 4.79 Å².